The Labute approximate surface area is 139 Å². The summed E-state index contributed by atoms with van der Waals surface area (Å²) in [6.45, 7) is 6.78. The number of amides is 1. The summed E-state index contributed by atoms with van der Waals surface area (Å²) in [5.41, 5.74) is 1.20. The largest absolute Gasteiger partial charge is 0.493 e. The van der Waals surface area contributed by atoms with Gasteiger partial charge in [0.05, 0.1) is 14.2 Å². The monoisotopic (exact) mass is 320 g/mol. The molecule has 5 nitrogen and oxygen atoms in total. The topological polar surface area (TPSA) is 50.8 Å². The first kappa shape index (κ1) is 17.6. The van der Waals surface area contributed by atoms with Crippen LogP contribution in [0.4, 0.5) is 0 Å². The molecule has 1 N–H and O–H groups in total. The number of methoxy groups -OCH3 is 2. The molecule has 0 radical (unpaired) electrons. The summed E-state index contributed by atoms with van der Waals surface area (Å²) in [6.07, 6.45) is 1.84. The van der Waals surface area contributed by atoms with E-state index >= 15 is 0 Å². The standard InChI is InChI=1S/C18H28N2O3/c1-13(2)19-18(21)15-7-9-20(10-8-15)12-14-5-6-16(22-3)17(11-14)23-4/h5-6,11,13,15H,7-10,12H2,1-4H3,(H,19,21). The number of carbonyl (C=O) groups is 1. The molecular formula is C18H28N2O3. The fourth-order valence-corrected chi connectivity index (χ4v) is 2.99. The van der Waals surface area contributed by atoms with Gasteiger partial charge in [-0.3, -0.25) is 9.69 Å². The average molecular weight is 320 g/mol. The van der Waals surface area contributed by atoms with Gasteiger partial charge in [0.2, 0.25) is 5.91 Å². The molecule has 1 heterocycles. The van der Waals surface area contributed by atoms with E-state index in [4.69, 9.17) is 9.47 Å². The minimum atomic E-state index is 0.152. The van der Waals surface area contributed by atoms with Crippen LogP contribution >= 0.6 is 0 Å². The number of piperidine rings is 1. The Balaban J connectivity index is 1.88. The van der Waals surface area contributed by atoms with Crippen molar-refractivity contribution in [3.63, 3.8) is 0 Å². The van der Waals surface area contributed by atoms with Gasteiger partial charge in [0, 0.05) is 18.5 Å². The summed E-state index contributed by atoms with van der Waals surface area (Å²) in [6, 6.07) is 6.25. The third kappa shape index (κ3) is 4.86. The Morgan fingerprint density at radius 2 is 1.87 bits per heavy atom. The van der Waals surface area contributed by atoms with E-state index in [9.17, 15) is 4.79 Å². The second-order valence-corrected chi connectivity index (χ2v) is 6.40. The van der Waals surface area contributed by atoms with Crippen LogP contribution in [0.3, 0.4) is 0 Å². The van der Waals surface area contributed by atoms with E-state index in [-0.39, 0.29) is 17.9 Å². The SMILES string of the molecule is COc1ccc(CN2CCC(C(=O)NC(C)C)CC2)cc1OC. The maximum Gasteiger partial charge on any atom is 0.223 e. The zero-order valence-corrected chi connectivity index (χ0v) is 14.6. The van der Waals surface area contributed by atoms with Crippen LogP contribution in [0, 0.1) is 5.92 Å². The maximum atomic E-state index is 12.1. The summed E-state index contributed by atoms with van der Waals surface area (Å²) in [4.78, 5) is 14.5. The molecule has 0 spiro atoms. The highest BCUT2D eigenvalue weighted by Gasteiger charge is 2.25. The van der Waals surface area contributed by atoms with Gasteiger partial charge in [0.1, 0.15) is 0 Å². The Morgan fingerprint density at radius 3 is 2.43 bits per heavy atom. The van der Waals surface area contributed by atoms with Crippen LogP contribution in [0.25, 0.3) is 0 Å². The van der Waals surface area contributed by atoms with E-state index in [1.54, 1.807) is 14.2 Å². The van der Waals surface area contributed by atoms with Gasteiger partial charge in [-0.2, -0.15) is 0 Å². The summed E-state index contributed by atoms with van der Waals surface area (Å²) >= 11 is 0. The minimum Gasteiger partial charge on any atom is -0.493 e. The summed E-state index contributed by atoms with van der Waals surface area (Å²) in [5.74, 6) is 1.86. The van der Waals surface area contributed by atoms with Gasteiger partial charge in [-0.25, -0.2) is 0 Å². The highest BCUT2D eigenvalue weighted by molar-refractivity contribution is 5.78. The van der Waals surface area contributed by atoms with Gasteiger partial charge in [0.25, 0.3) is 0 Å². The fourth-order valence-electron chi connectivity index (χ4n) is 2.99. The lowest BCUT2D eigenvalue weighted by molar-refractivity contribution is -0.127. The molecule has 2 rings (SSSR count). The predicted octanol–water partition coefficient (Wildman–Crippen LogP) is 2.44. The highest BCUT2D eigenvalue weighted by Crippen LogP contribution is 2.28. The number of likely N-dealkylation sites (tertiary alicyclic amines) is 1. The molecule has 0 saturated carbocycles. The molecule has 0 aromatic heterocycles. The number of hydrogen-bond acceptors (Lipinski definition) is 4. The van der Waals surface area contributed by atoms with E-state index in [0.717, 1.165) is 44.0 Å². The molecular weight excluding hydrogens is 292 g/mol. The van der Waals surface area contributed by atoms with Crippen LogP contribution in [-0.2, 0) is 11.3 Å². The number of hydrogen-bond donors (Lipinski definition) is 1. The highest BCUT2D eigenvalue weighted by atomic mass is 16.5. The molecule has 0 atom stereocenters. The second-order valence-electron chi connectivity index (χ2n) is 6.40. The van der Waals surface area contributed by atoms with Crippen molar-refractivity contribution in [2.75, 3.05) is 27.3 Å². The van der Waals surface area contributed by atoms with Gasteiger partial charge in [0.15, 0.2) is 11.5 Å². The van der Waals surface area contributed by atoms with Gasteiger partial charge in [-0.1, -0.05) is 6.07 Å². The Bertz CT molecular complexity index is 523. The quantitative estimate of drug-likeness (QED) is 0.875. The van der Waals surface area contributed by atoms with Crippen molar-refractivity contribution in [3.8, 4) is 11.5 Å². The molecule has 0 bridgehead atoms. The van der Waals surface area contributed by atoms with Crippen LogP contribution in [-0.4, -0.2) is 44.2 Å². The van der Waals surface area contributed by atoms with Crippen molar-refractivity contribution in [1.29, 1.82) is 0 Å². The smallest absolute Gasteiger partial charge is 0.223 e. The van der Waals surface area contributed by atoms with E-state index < -0.39 is 0 Å². The van der Waals surface area contributed by atoms with Gasteiger partial charge in [-0.05, 0) is 57.5 Å². The Morgan fingerprint density at radius 1 is 1.22 bits per heavy atom. The van der Waals surface area contributed by atoms with Crippen molar-refractivity contribution in [1.82, 2.24) is 10.2 Å². The van der Waals surface area contributed by atoms with Crippen molar-refractivity contribution < 1.29 is 14.3 Å². The van der Waals surface area contributed by atoms with Crippen LogP contribution in [0.1, 0.15) is 32.3 Å². The van der Waals surface area contributed by atoms with E-state index in [1.807, 2.05) is 26.0 Å². The predicted molar refractivity (Wildman–Crippen MR) is 90.8 cm³/mol. The normalized spacial score (nSPS) is 16.4. The first-order chi connectivity index (χ1) is 11.0. The number of carbonyl (C=O) groups excluding carboxylic acids is 1. The maximum absolute atomic E-state index is 12.1. The van der Waals surface area contributed by atoms with Crippen LogP contribution in [0.2, 0.25) is 0 Å². The molecule has 1 amide bonds. The molecule has 0 unspecified atom stereocenters. The minimum absolute atomic E-state index is 0.152. The second kappa shape index (κ2) is 8.20. The molecule has 128 valence electrons. The summed E-state index contributed by atoms with van der Waals surface area (Å²) in [7, 11) is 3.30. The van der Waals surface area contributed by atoms with Crippen LogP contribution in [0.15, 0.2) is 18.2 Å². The van der Waals surface area contributed by atoms with Crippen molar-refractivity contribution in [2.45, 2.75) is 39.3 Å². The lowest BCUT2D eigenvalue weighted by atomic mass is 9.95. The van der Waals surface area contributed by atoms with E-state index in [1.165, 1.54) is 5.56 Å². The van der Waals surface area contributed by atoms with Crippen molar-refractivity contribution >= 4 is 5.91 Å². The number of benzene rings is 1. The zero-order valence-electron chi connectivity index (χ0n) is 14.6. The number of nitrogens with zero attached hydrogens (tertiary/aromatic N) is 1. The van der Waals surface area contributed by atoms with Crippen molar-refractivity contribution in [2.24, 2.45) is 5.92 Å². The molecule has 1 aliphatic rings. The van der Waals surface area contributed by atoms with Gasteiger partial charge in [-0.15, -0.1) is 0 Å². The lowest BCUT2D eigenvalue weighted by Crippen LogP contribution is -2.42. The number of rotatable bonds is 6. The zero-order chi connectivity index (χ0) is 16.8. The average Bonchev–Trinajstić information content (AvgIpc) is 2.54. The molecule has 1 saturated heterocycles. The number of nitrogens with one attached hydrogen (secondary N) is 1. The summed E-state index contributed by atoms with van der Waals surface area (Å²) < 4.78 is 10.6. The Kier molecular flexibility index (Phi) is 6.28. The third-order valence-electron chi connectivity index (χ3n) is 4.24. The molecule has 1 fully saturated rings. The van der Waals surface area contributed by atoms with Gasteiger partial charge >= 0.3 is 0 Å². The first-order valence-electron chi connectivity index (χ1n) is 8.27. The molecule has 1 aliphatic heterocycles. The van der Waals surface area contributed by atoms with Crippen molar-refractivity contribution in [3.05, 3.63) is 23.8 Å². The lowest BCUT2D eigenvalue weighted by Gasteiger charge is -2.31. The Hall–Kier alpha value is -1.75. The van der Waals surface area contributed by atoms with E-state index in [2.05, 4.69) is 16.3 Å². The first-order valence-corrected chi connectivity index (χ1v) is 8.27. The van der Waals surface area contributed by atoms with Crippen LogP contribution in [0.5, 0.6) is 11.5 Å². The fraction of sp³-hybridized carbons (Fsp3) is 0.611. The number of ether oxygens (including phenoxy) is 2. The third-order valence-corrected chi connectivity index (χ3v) is 4.24. The molecule has 0 aliphatic carbocycles. The van der Waals surface area contributed by atoms with Gasteiger partial charge < -0.3 is 14.8 Å². The molecule has 23 heavy (non-hydrogen) atoms. The molecule has 5 heteroatoms. The molecule has 1 aromatic rings. The van der Waals surface area contributed by atoms with Crippen LogP contribution < -0.4 is 14.8 Å². The summed E-state index contributed by atoms with van der Waals surface area (Å²) in [5, 5.41) is 3.02. The molecule has 1 aromatic carbocycles. The van der Waals surface area contributed by atoms with E-state index in [0.29, 0.717) is 0 Å².